The maximum Gasteiger partial charge on any atom is 0.337 e. The number of rotatable bonds is 5. The second-order valence-electron chi connectivity index (χ2n) is 5.37. The summed E-state index contributed by atoms with van der Waals surface area (Å²) in [7, 11) is -2.56. The highest BCUT2D eigenvalue weighted by Gasteiger charge is 2.23. The molecule has 0 saturated carbocycles. The molecule has 0 bridgehead atoms. The van der Waals surface area contributed by atoms with E-state index in [9.17, 15) is 13.2 Å². The van der Waals surface area contributed by atoms with Crippen molar-refractivity contribution < 1.29 is 27.4 Å². The van der Waals surface area contributed by atoms with Crippen LogP contribution in [0.3, 0.4) is 0 Å². The summed E-state index contributed by atoms with van der Waals surface area (Å²) in [6.07, 6.45) is -0.450. The fraction of sp³-hybridized carbons (Fsp3) is 0.235. The van der Waals surface area contributed by atoms with Crippen LogP contribution in [0.5, 0.6) is 11.5 Å². The van der Waals surface area contributed by atoms with E-state index in [-0.39, 0.29) is 23.6 Å². The van der Waals surface area contributed by atoms with Crippen molar-refractivity contribution in [3.8, 4) is 11.5 Å². The average molecular weight is 363 g/mol. The van der Waals surface area contributed by atoms with Gasteiger partial charge in [-0.25, -0.2) is 17.9 Å². The molecule has 7 nitrogen and oxygen atoms in total. The first kappa shape index (κ1) is 17.2. The standard InChI is InChI=1S/C17H17NO6S/c1-22-17(19)12-5-4-6-14(9-12)25(20,21)18-10-13-11-23-15-7-2-3-8-16(15)24-13/h2-9,13,18H,10-11H2,1H3. The quantitative estimate of drug-likeness (QED) is 0.812. The molecule has 0 amide bonds. The summed E-state index contributed by atoms with van der Waals surface area (Å²) in [5, 5.41) is 0. The molecule has 1 aliphatic rings. The molecule has 0 saturated heterocycles. The first-order valence-electron chi connectivity index (χ1n) is 7.56. The molecule has 2 aromatic carbocycles. The Bertz CT molecular complexity index is 880. The van der Waals surface area contributed by atoms with Crippen LogP contribution in [0.4, 0.5) is 0 Å². The first-order valence-corrected chi connectivity index (χ1v) is 9.04. The number of para-hydroxylation sites is 2. The van der Waals surface area contributed by atoms with Crippen molar-refractivity contribution >= 4 is 16.0 Å². The van der Waals surface area contributed by atoms with E-state index in [1.54, 1.807) is 12.1 Å². The molecule has 0 aromatic heterocycles. The van der Waals surface area contributed by atoms with Crippen LogP contribution in [0.2, 0.25) is 0 Å². The van der Waals surface area contributed by atoms with Crippen molar-refractivity contribution in [1.29, 1.82) is 0 Å². The lowest BCUT2D eigenvalue weighted by molar-refractivity contribution is 0.0600. The van der Waals surface area contributed by atoms with Crippen LogP contribution in [0.25, 0.3) is 0 Å². The molecule has 0 fully saturated rings. The molecular weight excluding hydrogens is 346 g/mol. The van der Waals surface area contributed by atoms with Gasteiger partial charge in [0, 0.05) is 0 Å². The van der Waals surface area contributed by atoms with Crippen LogP contribution >= 0.6 is 0 Å². The Morgan fingerprint density at radius 1 is 1.20 bits per heavy atom. The van der Waals surface area contributed by atoms with Crippen LogP contribution in [0.1, 0.15) is 10.4 Å². The van der Waals surface area contributed by atoms with Crippen molar-refractivity contribution in [2.24, 2.45) is 0 Å². The van der Waals surface area contributed by atoms with E-state index in [0.29, 0.717) is 11.5 Å². The number of carbonyl (C=O) groups is 1. The largest absolute Gasteiger partial charge is 0.486 e. The summed E-state index contributed by atoms with van der Waals surface area (Å²) in [5.41, 5.74) is 0.163. The first-order chi connectivity index (χ1) is 12.0. The van der Waals surface area contributed by atoms with Gasteiger partial charge in [0.25, 0.3) is 0 Å². The Morgan fingerprint density at radius 2 is 1.96 bits per heavy atom. The number of sulfonamides is 1. The fourth-order valence-electron chi connectivity index (χ4n) is 2.36. The molecule has 8 heteroatoms. The molecule has 1 atom stereocenters. The molecule has 1 unspecified atom stereocenters. The van der Waals surface area contributed by atoms with Crippen molar-refractivity contribution in [1.82, 2.24) is 4.72 Å². The highest BCUT2D eigenvalue weighted by Crippen LogP contribution is 2.30. The number of hydrogen-bond acceptors (Lipinski definition) is 6. The smallest absolute Gasteiger partial charge is 0.337 e. The molecule has 1 aliphatic heterocycles. The SMILES string of the molecule is COC(=O)c1cccc(S(=O)(=O)NCC2COc3ccccc3O2)c1. The number of ether oxygens (including phenoxy) is 3. The average Bonchev–Trinajstić information content (AvgIpc) is 2.65. The monoisotopic (exact) mass is 363 g/mol. The van der Waals surface area contributed by atoms with E-state index in [4.69, 9.17) is 9.47 Å². The van der Waals surface area contributed by atoms with E-state index in [2.05, 4.69) is 9.46 Å². The van der Waals surface area contributed by atoms with Crippen molar-refractivity contribution in [3.63, 3.8) is 0 Å². The van der Waals surface area contributed by atoms with Crippen molar-refractivity contribution in [2.45, 2.75) is 11.0 Å². The minimum Gasteiger partial charge on any atom is -0.486 e. The van der Waals surface area contributed by atoms with Gasteiger partial charge in [-0.3, -0.25) is 0 Å². The summed E-state index contributed by atoms with van der Waals surface area (Å²) in [5.74, 6) is 0.607. The Labute approximate surface area is 145 Å². The normalized spacial score (nSPS) is 16.3. The predicted molar refractivity (Wildman–Crippen MR) is 89.3 cm³/mol. The Morgan fingerprint density at radius 3 is 2.72 bits per heavy atom. The summed E-state index contributed by atoms with van der Waals surface area (Å²) >= 11 is 0. The number of carbonyl (C=O) groups excluding carboxylic acids is 1. The van der Waals surface area contributed by atoms with Gasteiger partial charge in [-0.2, -0.15) is 0 Å². The Kier molecular flexibility index (Phi) is 4.91. The minimum atomic E-state index is -3.79. The van der Waals surface area contributed by atoms with E-state index in [1.165, 1.54) is 31.4 Å². The van der Waals surface area contributed by atoms with Gasteiger partial charge in [0.1, 0.15) is 12.7 Å². The number of nitrogens with one attached hydrogen (secondary N) is 1. The molecule has 132 valence electrons. The second-order valence-corrected chi connectivity index (χ2v) is 7.14. The Balaban J connectivity index is 1.68. The maximum absolute atomic E-state index is 12.4. The molecular formula is C17H17NO6S. The van der Waals surface area contributed by atoms with Gasteiger partial charge in [0.05, 0.1) is 24.1 Å². The zero-order valence-electron chi connectivity index (χ0n) is 13.5. The third-order valence-corrected chi connectivity index (χ3v) is 5.06. The van der Waals surface area contributed by atoms with E-state index in [1.807, 2.05) is 12.1 Å². The zero-order chi connectivity index (χ0) is 17.9. The fourth-order valence-corrected chi connectivity index (χ4v) is 3.47. The maximum atomic E-state index is 12.4. The number of esters is 1. The molecule has 0 aliphatic carbocycles. The zero-order valence-corrected chi connectivity index (χ0v) is 14.3. The molecule has 25 heavy (non-hydrogen) atoms. The third kappa shape index (κ3) is 3.92. The van der Waals surface area contributed by atoms with Crippen LogP contribution in [-0.4, -0.2) is 40.8 Å². The van der Waals surface area contributed by atoms with Gasteiger partial charge >= 0.3 is 5.97 Å². The van der Waals surface area contributed by atoms with E-state index >= 15 is 0 Å². The summed E-state index contributed by atoms with van der Waals surface area (Å²) in [6.45, 7) is 0.279. The van der Waals surface area contributed by atoms with Crippen LogP contribution in [0, 0.1) is 0 Å². The van der Waals surface area contributed by atoms with Gasteiger partial charge in [-0.05, 0) is 30.3 Å². The van der Waals surface area contributed by atoms with Gasteiger partial charge in [0.2, 0.25) is 10.0 Å². The molecule has 0 spiro atoms. The lowest BCUT2D eigenvalue weighted by Crippen LogP contribution is -2.40. The van der Waals surface area contributed by atoms with E-state index < -0.39 is 22.1 Å². The second kappa shape index (κ2) is 7.12. The van der Waals surface area contributed by atoms with Gasteiger partial charge < -0.3 is 14.2 Å². The number of hydrogen-bond donors (Lipinski definition) is 1. The predicted octanol–water partition coefficient (Wildman–Crippen LogP) is 1.59. The molecule has 3 rings (SSSR count). The number of benzene rings is 2. The lowest BCUT2D eigenvalue weighted by Gasteiger charge is -2.26. The third-order valence-electron chi connectivity index (χ3n) is 3.63. The molecule has 0 radical (unpaired) electrons. The van der Waals surface area contributed by atoms with Crippen LogP contribution in [-0.2, 0) is 14.8 Å². The summed E-state index contributed by atoms with van der Waals surface area (Å²) < 4.78 is 43.2. The van der Waals surface area contributed by atoms with Crippen LogP contribution in [0.15, 0.2) is 53.4 Å². The molecule has 1 heterocycles. The van der Waals surface area contributed by atoms with Crippen molar-refractivity contribution in [2.75, 3.05) is 20.3 Å². The number of fused-ring (bicyclic) bond motifs is 1. The molecule has 1 N–H and O–H groups in total. The van der Waals surface area contributed by atoms with Crippen LogP contribution < -0.4 is 14.2 Å². The topological polar surface area (TPSA) is 90.9 Å². The van der Waals surface area contributed by atoms with Crippen molar-refractivity contribution in [3.05, 3.63) is 54.1 Å². The summed E-state index contributed by atoms with van der Waals surface area (Å²) in [4.78, 5) is 11.5. The van der Waals surface area contributed by atoms with Gasteiger partial charge in [-0.15, -0.1) is 0 Å². The van der Waals surface area contributed by atoms with E-state index in [0.717, 1.165) is 0 Å². The number of methoxy groups -OCH3 is 1. The highest BCUT2D eigenvalue weighted by atomic mass is 32.2. The lowest BCUT2D eigenvalue weighted by atomic mass is 10.2. The Hall–Kier alpha value is -2.58. The minimum absolute atomic E-state index is 0.0208. The van der Waals surface area contributed by atoms with Gasteiger partial charge in [0.15, 0.2) is 11.5 Å². The highest BCUT2D eigenvalue weighted by molar-refractivity contribution is 7.89. The summed E-state index contributed by atoms with van der Waals surface area (Å²) in [6, 6.07) is 12.8. The van der Waals surface area contributed by atoms with Gasteiger partial charge in [-0.1, -0.05) is 18.2 Å². The molecule has 2 aromatic rings.